The average Bonchev–Trinajstić information content (AvgIpc) is 2.80. The molecule has 3 nitrogen and oxygen atoms in total. The lowest BCUT2D eigenvalue weighted by Gasteiger charge is -2.01. The van der Waals surface area contributed by atoms with E-state index in [1.807, 2.05) is 0 Å². The molecule has 1 aromatic heterocycles. The summed E-state index contributed by atoms with van der Waals surface area (Å²) in [6, 6.07) is 6.44. The fourth-order valence-corrected chi connectivity index (χ4v) is 3.13. The van der Waals surface area contributed by atoms with Crippen molar-refractivity contribution in [1.82, 2.24) is 4.98 Å². The molecule has 0 bridgehead atoms. The molecule has 106 valence electrons. The Morgan fingerprint density at radius 1 is 1.40 bits per heavy atom. The molecule has 0 saturated carbocycles. The number of benzene rings is 1. The average molecular weight is 336 g/mol. The maximum atomic E-state index is 12.2. The minimum Gasteiger partial charge on any atom is -0.465 e. The van der Waals surface area contributed by atoms with E-state index in [-0.39, 0.29) is 10.0 Å². The second-order valence-electron chi connectivity index (χ2n) is 3.53. The van der Waals surface area contributed by atoms with E-state index >= 15 is 0 Å². The number of rotatable bonds is 4. The topological polar surface area (TPSA) is 39.2 Å². The van der Waals surface area contributed by atoms with Crippen LogP contribution in [0.15, 0.2) is 29.2 Å². The second kappa shape index (κ2) is 6.51. The Kier molecular flexibility index (Phi) is 4.95. The van der Waals surface area contributed by atoms with Gasteiger partial charge in [0.25, 0.3) is 5.76 Å². The van der Waals surface area contributed by atoms with Crippen molar-refractivity contribution in [1.29, 1.82) is 0 Å². The Morgan fingerprint density at radius 2 is 2.05 bits per heavy atom. The van der Waals surface area contributed by atoms with Crippen molar-refractivity contribution in [2.75, 3.05) is 7.11 Å². The summed E-state index contributed by atoms with van der Waals surface area (Å²) < 4.78 is 29.0. The molecule has 0 aliphatic carbocycles. The summed E-state index contributed by atoms with van der Waals surface area (Å²) in [6.07, 6.45) is 0. The molecule has 0 aliphatic heterocycles. The van der Waals surface area contributed by atoms with Gasteiger partial charge in [-0.05, 0) is 12.1 Å². The van der Waals surface area contributed by atoms with Crippen LogP contribution in [0.5, 0.6) is 0 Å². The quantitative estimate of drug-likeness (QED) is 0.606. The number of alkyl halides is 2. The molecule has 8 heteroatoms. The van der Waals surface area contributed by atoms with Gasteiger partial charge in [-0.1, -0.05) is 35.5 Å². The van der Waals surface area contributed by atoms with Crippen molar-refractivity contribution >= 4 is 40.7 Å². The van der Waals surface area contributed by atoms with Crippen molar-refractivity contribution < 1.29 is 18.3 Å². The zero-order valence-electron chi connectivity index (χ0n) is 10.1. The van der Waals surface area contributed by atoms with Crippen molar-refractivity contribution in [3.63, 3.8) is 0 Å². The zero-order chi connectivity index (χ0) is 14.7. The minimum absolute atomic E-state index is 0.0721. The number of thiazole rings is 1. The standard InChI is InChI=1S/C12H8ClF2NO2S2/c1-18-11(17)8-9(13)16-10(20-8)6-2-4-7(5-3-6)19-12(14)15/h2-5,12H,1H3. The SMILES string of the molecule is COC(=O)c1sc(-c2ccc(SC(F)F)cc2)nc1Cl. The van der Waals surface area contributed by atoms with Crippen molar-refractivity contribution in [2.45, 2.75) is 10.7 Å². The van der Waals surface area contributed by atoms with Gasteiger partial charge >= 0.3 is 5.97 Å². The van der Waals surface area contributed by atoms with E-state index < -0.39 is 11.7 Å². The number of hydrogen-bond donors (Lipinski definition) is 0. The summed E-state index contributed by atoms with van der Waals surface area (Å²) in [5.41, 5.74) is 0.700. The molecule has 0 N–H and O–H groups in total. The second-order valence-corrected chi connectivity index (χ2v) is 5.95. The smallest absolute Gasteiger partial charge is 0.351 e. The molecule has 0 atom stereocenters. The van der Waals surface area contributed by atoms with E-state index in [1.165, 1.54) is 7.11 Å². The molecule has 0 spiro atoms. The van der Waals surface area contributed by atoms with Crippen molar-refractivity contribution in [3.05, 3.63) is 34.3 Å². The first-order chi connectivity index (χ1) is 9.51. The fourth-order valence-electron chi connectivity index (χ4n) is 1.42. The van der Waals surface area contributed by atoms with Gasteiger partial charge in [0.2, 0.25) is 0 Å². The molecule has 2 rings (SSSR count). The summed E-state index contributed by atoms with van der Waals surface area (Å²) in [6.45, 7) is 0. The van der Waals surface area contributed by atoms with Crippen LogP contribution >= 0.6 is 34.7 Å². The van der Waals surface area contributed by atoms with Gasteiger partial charge in [-0.2, -0.15) is 8.78 Å². The highest BCUT2D eigenvalue weighted by Crippen LogP contribution is 2.33. The Hall–Kier alpha value is -1.18. The first kappa shape index (κ1) is 15.2. The highest BCUT2D eigenvalue weighted by Gasteiger charge is 2.18. The van der Waals surface area contributed by atoms with Crippen LogP contribution in [0.2, 0.25) is 5.15 Å². The van der Waals surface area contributed by atoms with Crippen LogP contribution in [0.4, 0.5) is 8.78 Å². The number of esters is 1. The van der Waals surface area contributed by atoms with E-state index in [0.717, 1.165) is 11.3 Å². The molecule has 0 radical (unpaired) electrons. The zero-order valence-corrected chi connectivity index (χ0v) is 12.5. The molecule has 0 fully saturated rings. The Labute approximate surface area is 126 Å². The lowest BCUT2D eigenvalue weighted by atomic mass is 10.2. The van der Waals surface area contributed by atoms with E-state index in [0.29, 0.717) is 27.2 Å². The molecule has 0 aliphatic rings. The van der Waals surface area contributed by atoms with Crippen LogP contribution in [0.1, 0.15) is 9.67 Å². The number of aromatic nitrogens is 1. The number of thioether (sulfide) groups is 1. The van der Waals surface area contributed by atoms with E-state index in [2.05, 4.69) is 9.72 Å². The normalized spacial score (nSPS) is 10.8. The Morgan fingerprint density at radius 3 is 2.60 bits per heavy atom. The monoisotopic (exact) mass is 335 g/mol. The largest absolute Gasteiger partial charge is 0.465 e. The third kappa shape index (κ3) is 3.47. The summed E-state index contributed by atoms with van der Waals surface area (Å²) in [7, 11) is 1.26. The molecule has 0 amide bonds. The predicted molar refractivity (Wildman–Crippen MR) is 75.8 cm³/mol. The summed E-state index contributed by atoms with van der Waals surface area (Å²) in [5.74, 6) is -3.01. The number of methoxy groups -OCH3 is 1. The van der Waals surface area contributed by atoms with Gasteiger partial charge in [-0.25, -0.2) is 9.78 Å². The van der Waals surface area contributed by atoms with Gasteiger partial charge in [0.1, 0.15) is 5.01 Å². The lowest BCUT2D eigenvalue weighted by molar-refractivity contribution is 0.0606. The summed E-state index contributed by atoms with van der Waals surface area (Å²) in [5, 5.41) is 0.604. The number of nitrogens with zero attached hydrogens (tertiary/aromatic N) is 1. The first-order valence-corrected chi connectivity index (χ1v) is 7.38. The van der Waals surface area contributed by atoms with Crippen LogP contribution in [0, 0.1) is 0 Å². The number of carbonyl (C=O) groups excluding carboxylic acids is 1. The highest BCUT2D eigenvalue weighted by atomic mass is 35.5. The molecular formula is C12H8ClF2NO2S2. The number of carbonyl (C=O) groups is 1. The van der Waals surface area contributed by atoms with E-state index in [1.54, 1.807) is 24.3 Å². The molecular weight excluding hydrogens is 328 g/mol. The summed E-state index contributed by atoms with van der Waals surface area (Å²) in [4.78, 5) is 16.2. The maximum Gasteiger partial charge on any atom is 0.351 e. The van der Waals surface area contributed by atoms with Crippen molar-refractivity contribution in [2.24, 2.45) is 0 Å². The number of hydrogen-bond acceptors (Lipinski definition) is 5. The van der Waals surface area contributed by atoms with Gasteiger partial charge in [0.05, 0.1) is 7.11 Å². The van der Waals surface area contributed by atoms with Gasteiger partial charge in [0.15, 0.2) is 10.0 Å². The predicted octanol–water partition coefficient (Wildman–Crippen LogP) is 4.56. The molecule has 1 aromatic carbocycles. The Balaban J connectivity index is 2.26. The third-order valence-corrected chi connectivity index (χ3v) is 4.48. The van der Waals surface area contributed by atoms with Gasteiger partial charge in [-0.15, -0.1) is 11.3 Å². The molecule has 2 aromatic rings. The maximum absolute atomic E-state index is 12.2. The number of ether oxygens (including phenoxy) is 1. The minimum atomic E-state index is -2.46. The molecule has 20 heavy (non-hydrogen) atoms. The van der Waals surface area contributed by atoms with Gasteiger partial charge in [0, 0.05) is 10.5 Å². The van der Waals surface area contributed by atoms with Gasteiger partial charge in [-0.3, -0.25) is 0 Å². The van der Waals surface area contributed by atoms with Crippen LogP contribution in [0.25, 0.3) is 10.6 Å². The van der Waals surface area contributed by atoms with E-state index in [9.17, 15) is 13.6 Å². The van der Waals surface area contributed by atoms with Crippen LogP contribution in [-0.2, 0) is 4.74 Å². The van der Waals surface area contributed by atoms with Crippen LogP contribution < -0.4 is 0 Å². The molecule has 0 unspecified atom stereocenters. The Bertz CT molecular complexity index is 616. The molecule has 1 heterocycles. The van der Waals surface area contributed by atoms with Crippen molar-refractivity contribution in [3.8, 4) is 10.6 Å². The van der Waals surface area contributed by atoms with E-state index in [4.69, 9.17) is 11.6 Å². The van der Waals surface area contributed by atoms with Crippen LogP contribution in [-0.4, -0.2) is 23.8 Å². The summed E-state index contributed by atoms with van der Waals surface area (Å²) >= 11 is 7.42. The highest BCUT2D eigenvalue weighted by molar-refractivity contribution is 7.99. The van der Waals surface area contributed by atoms with Crippen LogP contribution in [0.3, 0.4) is 0 Å². The molecule has 0 saturated heterocycles. The lowest BCUT2D eigenvalue weighted by Crippen LogP contribution is -1.98. The fraction of sp³-hybridized carbons (Fsp3) is 0.167. The first-order valence-electron chi connectivity index (χ1n) is 5.31. The third-order valence-electron chi connectivity index (χ3n) is 2.28. The van der Waals surface area contributed by atoms with Gasteiger partial charge < -0.3 is 4.74 Å². The number of halogens is 3.